The fourth-order valence-electron chi connectivity index (χ4n) is 3.98. The first-order valence-corrected chi connectivity index (χ1v) is 11.2. The van der Waals surface area contributed by atoms with Crippen LogP contribution in [0.5, 0.6) is 0 Å². The molecular formula is C21H26Br2N4. The number of rotatable bonds is 4. The van der Waals surface area contributed by atoms with Crippen LogP contribution in [-0.4, -0.2) is 56.0 Å². The highest BCUT2D eigenvalue weighted by molar-refractivity contribution is 9.10. The van der Waals surface area contributed by atoms with Crippen molar-refractivity contribution in [3.05, 3.63) is 57.5 Å². The molecule has 2 heterocycles. The van der Waals surface area contributed by atoms with Gasteiger partial charge in [-0.25, -0.2) is 0 Å². The first-order chi connectivity index (χ1) is 13.2. The van der Waals surface area contributed by atoms with Crippen molar-refractivity contribution in [1.82, 2.24) is 9.80 Å². The molecular weight excluding hydrogens is 468 g/mol. The summed E-state index contributed by atoms with van der Waals surface area (Å²) in [5, 5.41) is 0. The lowest BCUT2D eigenvalue weighted by atomic mass is 10.2. The van der Waals surface area contributed by atoms with E-state index in [1.54, 1.807) is 0 Å². The fourth-order valence-corrected chi connectivity index (χ4v) is 4.50. The van der Waals surface area contributed by atoms with Crippen molar-refractivity contribution in [2.75, 3.05) is 56.0 Å². The topological polar surface area (TPSA) is 13.0 Å². The van der Waals surface area contributed by atoms with Gasteiger partial charge in [-0.15, -0.1) is 0 Å². The molecule has 2 aliphatic rings. The Morgan fingerprint density at radius 3 is 1.41 bits per heavy atom. The summed E-state index contributed by atoms with van der Waals surface area (Å²) in [4.78, 5) is 10.1. The van der Waals surface area contributed by atoms with E-state index in [1.807, 2.05) is 0 Å². The van der Waals surface area contributed by atoms with Crippen LogP contribution in [0.3, 0.4) is 0 Å². The third-order valence-electron chi connectivity index (χ3n) is 5.33. The predicted octanol–water partition coefficient (Wildman–Crippen LogP) is 4.81. The van der Waals surface area contributed by atoms with Crippen LogP contribution in [0.4, 0.5) is 11.4 Å². The molecule has 0 N–H and O–H groups in total. The van der Waals surface area contributed by atoms with Gasteiger partial charge >= 0.3 is 0 Å². The summed E-state index contributed by atoms with van der Waals surface area (Å²) in [5.41, 5.74) is 2.64. The molecule has 2 saturated heterocycles. The third kappa shape index (κ3) is 5.05. The molecule has 4 rings (SSSR count). The molecule has 4 nitrogen and oxygen atoms in total. The van der Waals surface area contributed by atoms with Gasteiger partial charge in [0.1, 0.15) is 0 Å². The minimum absolute atomic E-state index is 1.01. The Labute approximate surface area is 179 Å². The molecule has 0 aromatic heterocycles. The summed E-state index contributed by atoms with van der Waals surface area (Å²) in [6.07, 6.45) is 2.45. The zero-order valence-electron chi connectivity index (χ0n) is 15.5. The van der Waals surface area contributed by atoms with Gasteiger partial charge in [-0.1, -0.05) is 31.9 Å². The highest BCUT2D eigenvalue weighted by Gasteiger charge is 2.23. The summed E-state index contributed by atoms with van der Waals surface area (Å²) < 4.78 is 2.28. The first-order valence-electron chi connectivity index (χ1n) is 9.63. The maximum absolute atomic E-state index is 3.53. The van der Waals surface area contributed by atoms with Crippen molar-refractivity contribution in [1.29, 1.82) is 0 Å². The first kappa shape index (κ1) is 19.2. The van der Waals surface area contributed by atoms with E-state index < -0.39 is 0 Å². The van der Waals surface area contributed by atoms with E-state index in [0.717, 1.165) is 42.0 Å². The van der Waals surface area contributed by atoms with E-state index >= 15 is 0 Å². The summed E-state index contributed by atoms with van der Waals surface area (Å²) in [6, 6.07) is 17.4. The smallest absolute Gasteiger partial charge is 0.0717 e. The van der Waals surface area contributed by atoms with Gasteiger partial charge < -0.3 is 9.80 Å². The van der Waals surface area contributed by atoms with Crippen molar-refractivity contribution < 1.29 is 0 Å². The van der Waals surface area contributed by atoms with Gasteiger partial charge in [-0.2, -0.15) is 0 Å². The van der Waals surface area contributed by atoms with Gasteiger partial charge in [-0.3, -0.25) is 9.80 Å². The molecule has 2 fully saturated rings. The highest BCUT2D eigenvalue weighted by atomic mass is 79.9. The zero-order valence-corrected chi connectivity index (χ0v) is 18.7. The van der Waals surface area contributed by atoms with Crippen molar-refractivity contribution in [2.24, 2.45) is 0 Å². The second-order valence-corrected chi connectivity index (χ2v) is 9.23. The molecule has 2 aromatic carbocycles. The molecule has 0 unspecified atom stereocenters. The molecule has 2 aliphatic heterocycles. The zero-order chi connectivity index (χ0) is 18.6. The molecule has 0 radical (unpaired) electrons. The normalized spacial score (nSPS) is 19.5. The Morgan fingerprint density at radius 2 is 1.00 bits per heavy atom. The van der Waals surface area contributed by atoms with Gasteiger partial charge in [-0.05, 0) is 61.4 Å². The van der Waals surface area contributed by atoms with Gasteiger partial charge in [0.05, 0.1) is 20.0 Å². The summed E-state index contributed by atoms with van der Waals surface area (Å²) in [6.45, 7) is 7.71. The SMILES string of the molecule is Brc1ccc(N2CCCN(CN3CCCN(c4ccc(Br)cc4)C3)C2)cc1. The standard InChI is InChI=1S/C21H26Br2N4/c22-18-3-7-20(8-4-18)26-13-1-11-24(16-26)15-25-12-2-14-27(17-25)21-9-5-19(23)6-10-21/h3-10H,1-2,11-17H2. The monoisotopic (exact) mass is 492 g/mol. The van der Waals surface area contributed by atoms with Crippen LogP contribution in [0.25, 0.3) is 0 Å². The average molecular weight is 494 g/mol. The second kappa shape index (κ2) is 8.95. The maximum atomic E-state index is 3.53. The van der Waals surface area contributed by atoms with Crippen LogP contribution < -0.4 is 9.80 Å². The number of halogens is 2. The van der Waals surface area contributed by atoms with E-state index in [1.165, 1.54) is 37.3 Å². The van der Waals surface area contributed by atoms with Gasteiger partial charge in [0.15, 0.2) is 0 Å². The minimum atomic E-state index is 1.01. The molecule has 0 bridgehead atoms. The third-order valence-corrected chi connectivity index (χ3v) is 6.39. The van der Waals surface area contributed by atoms with Crippen LogP contribution in [0.2, 0.25) is 0 Å². The van der Waals surface area contributed by atoms with Crippen molar-refractivity contribution in [3.8, 4) is 0 Å². The van der Waals surface area contributed by atoms with E-state index in [-0.39, 0.29) is 0 Å². The van der Waals surface area contributed by atoms with Crippen LogP contribution in [0.1, 0.15) is 12.8 Å². The summed E-state index contributed by atoms with van der Waals surface area (Å²) >= 11 is 7.07. The van der Waals surface area contributed by atoms with Gasteiger partial charge in [0.25, 0.3) is 0 Å². The molecule has 6 heteroatoms. The molecule has 27 heavy (non-hydrogen) atoms. The molecule has 0 saturated carbocycles. The van der Waals surface area contributed by atoms with E-state index in [2.05, 4.69) is 100.0 Å². The number of benzene rings is 2. The lowest BCUT2D eigenvalue weighted by molar-refractivity contribution is 0.107. The fraction of sp³-hybridized carbons (Fsp3) is 0.429. The summed E-state index contributed by atoms with van der Waals surface area (Å²) in [7, 11) is 0. The van der Waals surface area contributed by atoms with Gasteiger partial charge in [0.2, 0.25) is 0 Å². The maximum Gasteiger partial charge on any atom is 0.0717 e. The number of hydrogen-bond acceptors (Lipinski definition) is 4. The van der Waals surface area contributed by atoms with Crippen LogP contribution in [-0.2, 0) is 0 Å². The Kier molecular flexibility index (Phi) is 6.38. The average Bonchev–Trinajstić information content (AvgIpc) is 2.69. The van der Waals surface area contributed by atoms with Crippen molar-refractivity contribution >= 4 is 43.2 Å². The van der Waals surface area contributed by atoms with E-state index in [0.29, 0.717) is 0 Å². The largest absolute Gasteiger partial charge is 0.358 e. The van der Waals surface area contributed by atoms with Crippen LogP contribution >= 0.6 is 31.9 Å². The lowest BCUT2D eigenvalue weighted by Crippen LogP contribution is -2.53. The Morgan fingerprint density at radius 1 is 0.593 bits per heavy atom. The van der Waals surface area contributed by atoms with E-state index in [4.69, 9.17) is 0 Å². The van der Waals surface area contributed by atoms with Crippen LogP contribution in [0, 0.1) is 0 Å². The molecule has 0 atom stereocenters. The van der Waals surface area contributed by atoms with E-state index in [9.17, 15) is 0 Å². The van der Waals surface area contributed by atoms with Crippen LogP contribution in [0.15, 0.2) is 57.5 Å². The molecule has 144 valence electrons. The summed E-state index contributed by atoms with van der Waals surface area (Å²) in [5.74, 6) is 0. The minimum Gasteiger partial charge on any atom is -0.358 e. The Balaban J connectivity index is 1.35. The van der Waals surface area contributed by atoms with Crippen molar-refractivity contribution in [3.63, 3.8) is 0 Å². The number of anilines is 2. The molecule has 0 spiro atoms. The van der Waals surface area contributed by atoms with Gasteiger partial charge in [0, 0.05) is 46.5 Å². The van der Waals surface area contributed by atoms with Crippen molar-refractivity contribution in [2.45, 2.75) is 12.8 Å². The Bertz CT molecular complexity index is 671. The number of hydrogen-bond donors (Lipinski definition) is 0. The molecule has 0 aliphatic carbocycles. The highest BCUT2D eigenvalue weighted by Crippen LogP contribution is 2.23. The second-order valence-electron chi connectivity index (χ2n) is 7.40. The number of nitrogens with zero attached hydrogens (tertiary/aromatic N) is 4. The lowest BCUT2D eigenvalue weighted by Gasteiger charge is -2.43. The predicted molar refractivity (Wildman–Crippen MR) is 120 cm³/mol. The Hall–Kier alpha value is -1.08. The molecule has 0 amide bonds. The molecule has 2 aromatic rings. The quantitative estimate of drug-likeness (QED) is 0.605.